The van der Waals surface area contributed by atoms with Gasteiger partial charge in [0.2, 0.25) is 5.82 Å². The van der Waals surface area contributed by atoms with Crippen LogP contribution in [0.2, 0.25) is 0 Å². The Labute approximate surface area is 137 Å². The lowest BCUT2D eigenvalue weighted by Crippen LogP contribution is -2.13. The van der Waals surface area contributed by atoms with E-state index >= 15 is 0 Å². The van der Waals surface area contributed by atoms with E-state index in [2.05, 4.69) is 5.32 Å². The lowest BCUT2D eigenvalue weighted by molar-refractivity contribution is -0.387. The van der Waals surface area contributed by atoms with Crippen LogP contribution in [-0.2, 0) is 0 Å². The van der Waals surface area contributed by atoms with Crippen molar-refractivity contribution in [2.75, 3.05) is 11.1 Å². The van der Waals surface area contributed by atoms with Crippen molar-refractivity contribution in [3.05, 3.63) is 64.0 Å². The first-order valence-corrected chi connectivity index (χ1v) is 7.98. The molecule has 5 nitrogen and oxygen atoms in total. The summed E-state index contributed by atoms with van der Waals surface area (Å²) in [7, 11) is 0. The lowest BCUT2D eigenvalue weighted by Gasteiger charge is -2.09. The average Bonchev–Trinajstić information content (AvgIpc) is 2.54. The summed E-state index contributed by atoms with van der Waals surface area (Å²) in [6.07, 6.45) is 0.977. The Morgan fingerprint density at radius 2 is 2.04 bits per heavy atom. The summed E-state index contributed by atoms with van der Waals surface area (Å²) in [6, 6.07) is 10.4. The second kappa shape index (κ2) is 7.73. The third-order valence-electron chi connectivity index (χ3n) is 2.99. The molecule has 0 fully saturated rings. The predicted octanol–water partition coefficient (Wildman–Crippen LogP) is 4.49. The number of benzene rings is 2. The molecule has 0 aromatic heterocycles. The number of hydrogen-bond acceptors (Lipinski definition) is 4. The maximum atomic E-state index is 13.3. The lowest BCUT2D eigenvalue weighted by atomic mass is 10.2. The molecule has 23 heavy (non-hydrogen) atoms. The molecule has 0 saturated carbocycles. The molecule has 0 aliphatic rings. The molecule has 1 amide bonds. The van der Waals surface area contributed by atoms with Crippen LogP contribution in [0.3, 0.4) is 0 Å². The SMILES string of the molecule is CCCSc1ccccc1C(=O)Nc1ccc(F)c([N+](=O)[O-])c1. The van der Waals surface area contributed by atoms with Crippen LogP contribution in [0.15, 0.2) is 47.4 Å². The van der Waals surface area contributed by atoms with Crippen LogP contribution in [0.4, 0.5) is 15.8 Å². The van der Waals surface area contributed by atoms with Gasteiger partial charge in [0.25, 0.3) is 5.91 Å². The second-order valence-corrected chi connectivity index (χ2v) is 5.86. The van der Waals surface area contributed by atoms with Gasteiger partial charge < -0.3 is 5.32 Å². The van der Waals surface area contributed by atoms with Gasteiger partial charge in [-0.2, -0.15) is 4.39 Å². The molecule has 1 N–H and O–H groups in total. The van der Waals surface area contributed by atoms with Crippen molar-refractivity contribution in [2.24, 2.45) is 0 Å². The van der Waals surface area contributed by atoms with Crippen LogP contribution in [0.5, 0.6) is 0 Å². The predicted molar refractivity (Wildman–Crippen MR) is 88.5 cm³/mol. The van der Waals surface area contributed by atoms with Gasteiger partial charge in [-0.25, -0.2) is 0 Å². The van der Waals surface area contributed by atoms with Crippen molar-refractivity contribution in [3.63, 3.8) is 0 Å². The molecule has 0 aliphatic carbocycles. The van der Waals surface area contributed by atoms with E-state index in [4.69, 9.17) is 0 Å². The Balaban J connectivity index is 2.23. The van der Waals surface area contributed by atoms with Gasteiger partial charge in [-0.05, 0) is 36.4 Å². The standard InChI is InChI=1S/C16H15FN2O3S/c1-2-9-23-15-6-4-3-5-12(15)16(20)18-11-7-8-13(17)14(10-11)19(21)22/h3-8,10H,2,9H2,1H3,(H,18,20). The highest BCUT2D eigenvalue weighted by molar-refractivity contribution is 7.99. The normalized spacial score (nSPS) is 10.3. The first-order valence-electron chi connectivity index (χ1n) is 7.00. The molecule has 0 bridgehead atoms. The van der Waals surface area contributed by atoms with E-state index in [0.29, 0.717) is 5.56 Å². The summed E-state index contributed by atoms with van der Waals surface area (Å²) in [5.74, 6) is -0.441. The highest BCUT2D eigenvalue weighted by Crippen LogP contribution is 2.26. The van der Waals surface area contributed by atoms with Crippen LogP contribution < -0.4 is 5.32 Å². The molecule has 2 aromatic carbocycles. The number of amides is 1. The summed E-state index contributed by atoms with van der Waals surface area (Å²) >= 11 is 1.57. The van der Waals surface area contributed by atoms with Crippen LogP contribution in [0.25, 0.3) is 0 Å². The highest BCUT2D eigenvalue weighted by atomic mass is 32.2. The first-order chi connectivity index (χ1) is 11.0. The van der Waals surface area contributed by atoms with E-state index in [0.717, 1.165) is 29.2 Å². The van der Waals surface area contributed by atoms with Crippen molar-refractivity contribution in [1.29, 1.82) is 0 Å². The number of nitrogens with zero attached hydrogens (tertiary/aromatic N) is 1. The average molecular weight is 334 g/mol. The third-order valence-corrected chi connectivity index (χ3v) is 4.27. The minimum absolute atomic E-state index is 0.179. The first kappa shape index (κ1) is 17.0. The molecule has 0 saturated heterocycles. The van der Waals surface area contributed by atoms with Gasteiger partial charge in [-0.15, -0.1) is 11.8 Å². The number of nitro groups is 1. The quantitative estimate of drug-likeness (QED) is 0.480. The summed E-state index contributed by atoms with van der Waals surface area (Å²) < 4.78 is 13.3. The van der Waals surface area contributed by atoms with Gasteiger partial charge in [-0.1, -0.05) is 19.1 Å². The number of carbonyl (C=O) groups is 1. The molecule has 0 unspecified atom stereocenters. The maximum Gasteiger partial charge on any atom is 0.306 e. The zero-order valence-corrected chi connectivity index (χ0v) is 13.2. The second-order valence-electron chi connectivity index (χ2n) is 4.72. The van der Waals surface area contributed by atoms with Crippen LogP contribution in [0, 0.1) is 15.9 Å². The molecular weight excluding hydrogens is 319 g/mol. The number of halogens is 1. The number of nitro benzene ring substituents is 1. The third kappa shape index (κ3) is 4.29. The molecule has 2 aromatic rings. The van der Waals surface area contributed by atoms with Crippen molar-refractivity contribution in [3.8, 4) is 0 Å². The fourth-order valence-electron chi connectivity index (χ4n) is 1.92. The van der Waals surface area contributed by atoms with Gasteiger partial charge in [0.1, 0.15) is 0 Å². The molecule has 0 radical (unpaired) electrons. The fraction of sp³-hybridized carbons (Fsp3) is 0.188. The van der Waals surface area contributed by atoms with Gasteiger partial charge in [0.15, 0.2) is 0 Å². The zero-order chi connectivity index (χ0) is 16.8. The van der Waals surface area contributed by atoms with E-state index in [1.54, 1.807) is 23.9 Å². The number of rotatable bonds is 6. The zero-order valence-electron chi connectivity index (χ0n) is 12.4. The largest absolute Gasteiger partial charge is 0.322 e. The van der Waals surface area contributed by atoms with E-state index in [-0.39, 0.29) is 11.6 Å². The van der Waals surface area contributed by atoms with Crippen LogP contribution in [0.1, 0.15) is 23.7 Å². The molecule has 0 spiro atoms. The Morgan fingerprint density at radius 3 is 2.74 bits per heavy atom. The summed E-state index contributed by atoms with van der Waals surface area (Å²) in [5.41, 5.74) is -0.00670. The number of anilines is 1. The van der Waals surface area contributed by atoms with E-state index in [1.807, 2.05) is 19.1 Å². The number of hydrogen-bond donors (Lipinski definition) is 1. The van der Waals surface area contributed by atoms with Crippen LogP contribution in [-0.4, -0.2) is 16.6 Å². The van der Waals surface area contributed by atoms with Gasteiger partial charge in [0.05, 0.1) is 10.5 Å². The number of thioether (sulfide) groups is 1. The topological polar surface area (TPSA) is 72.2 Å². The number of carbonyl (C=O) groups excluding carboxylic acids is 1. The van der Waals surface area contributed by atoms with Gasteiger partial charge in [0, 0.05) is 16.6 Å². The summed E-state index contributed by atoms with van der Waals surface area (Å²) in [5, 5.41) is 13.3. The molecule has 0 heterocycles. The monoisotopic (exact) mass is 334 g/mol. The maximum absolute atomic E-state index is 13.3. The number of nitrogens with one attached hydrogen (secondary N) is 1. The summed E-state index contributed by atoms with van der Waals surface area (Å²) in [4.78, 5) is 23.1. The Hall–Kier alpha value is -2.41. The minimum Gasteiger partial charge on any atom is -0.322 e. The van der Waals surface area contributed by atoms with E-state index in [1.165, 1.54) is 6.07 Å². The van der Waals surface area contributed by atoms with Gasteiger partial charge in [-0.3, -0.25) is 14.9 Å². The van der Waals surface area contributed by atoms with Crippen molar-refractivity contribution < 1.29 is 14.1 Å². The molecule has 0 atom stereocenters. The minimum atomic E-state index is -0.938. The molecule has 2 rings (SSSR count). The molecule has 120 valence electrons. The summed E-state index contributed by atoms with van der Waals surface area (Å²) in [6.45, 7) is 2.05. The molecule has 7 heteroatoms. The van der Waals surface area contributed by atoms with Gasteiger partial charge >= 0.3 is 5.69 Å². The van der Waals surface area contributed by atoms with Crippen molar-refractivity contribution >= 4 is 29.0 Å². The smallest absolute Gasteiger partial charge is 0.306 e. The Bertz CT molecular complexity index is 737. The Morgan fingerprint density at radius 1 is 1.30 bits per heavy atom. The van der Waals surface area contributed by atoms with E-state index in [9.17, 15) is 19.3 Å². The van der Waals surface area contributed by atoms with Crippen molar-refractivity contribution in [2.45, 2.75) is 18.2 Å². The highest BCUT2D eigenvalue weighted by Gasteiger charge is 2.17. The van der Waals surface area contributed by atoms with E-state index < -0.39 is 16.4 Å². The van der Waals surface area contributed by atoms with Crippen molar-refractivity contribution in [1.82, 2.24) is 0 Å². The molecular formula is C16H15FN2O3S. The molecule has 0 aliphatic heterocycles. The Kier molecular flexibility index (Phi) is 5.70. The van der Waals surface area contributed by atoms with Crippen LogP contribution >= 0.6 is 11.8 Å². The fourth-order valence-corrected chi connectivity index (χ4v) is 2.84.